The molecule has 1 fully saturated rings. The first kappa shape index (κ1) is 17.6. The van der Waals surface area contributed by atoms with Crippen LogP contribution in [-0.2, 0) is 11.3 Å². The molecule has 1 unspecified atom stereocenters. The summed E-state index contributed by atoms with van der Waals surface area (Å²) in [7, 11) is 0. The maximum Gasteiger partial charge on any atom is 0.226 e. The summed E-state index contributed by atoms with van der Waals surface area (Å²) in [5.41, 5.74) is 1.97. The number of rotatable bonds is 4. The Kier molecular flexibility index (Phi) is 4.80. The number of benzene rings is 1. The van der Waals surface area contributed by atoms with Gasteiger partial charge in [0.1, 0.15) is 12.2 Å². The summed E-state index contributed by atoms with van der Waals surface area (Å²) in [5.74, 6) is 0.478. The maximum atomic E-state index is 10.1. The number of hydrogen-bond donors (Lipinski definition) is 3. The van der Waals surface area contributed by atoms with Crippen LogP contribution < -0.4 is 5.32 Å². The smallest absolute Gasteiger partial charge is 0.226 e. The van der Waals surface area contributed by atoms with Gasteiger partial charge in [0.2, 0.25) is 5.28 Å². The molecule has 3 heterocycles. The van der Waals surface area contributed by atoms with E-state index in [0.717, 1.165) is 10.0 Å². The number of ether oxygens (including phenoxy) is 1. The van der Waals surface area contributed by atoms with Crippen molar-refractivity contribution in [2.24, 2.45) is 0 Å². The van der Waals surface area contributed by atoms with Gasteiger partial charge in [-0.2, -0.15) is 9.97 Å². The number of aliphatic hydroxyl groups is 2. The molecule has 0 bridgehead atoms. The maximum absolute atomic E-state index is 10.1. The Hall–Kier alpha value is -1.78. The molecule has 26 heavy (non-hydrogen) atoms. The Balaban J connectivity index is 1.66. The molecule has 8 nitrogen and oxygen atoms in total. The van der Waals surface area contributed by atoms with Gasteiger partial charge in [-0.3, -0.25) is 4.57 Å². The van der Waals surface area contributed by atoms with Crippen molar-refractivity contribution in [3.63, 3.8) is 0 Å². The summed E-state index contributed by atoms with van der Waals surface area (Å²) in [6.07, 6.45) is -1.31. The number of halogens is 2. The van der Waals surface area contributed by atoms with E-state index in [9.17, 15) is 10.2 Å². The molecule has 136 valence electrons. The molecule has 0 spiro atoms. The van der Waals surface area contributed by atoms with E-state index in [1.807, 2.05) is 24.3 Å². The van der Waals surface area contributed by atoms with E-state index < -0.39 is 18.4 Å². The Morgan fingerprint density at radius 2 is 2.19 bits per heavy atom. The SMILES string of the molecule is OC1CO[C@@H](n2cnc3c(NCc4cccc(Br)c4)nc(Cl)nc32)[C@H]1O. The van der Waals surface area contributed by atoms with Crippen LogP contribution in [0.3, 0.4) is 0 Å². The molecule has 1 aliphatic heterocycles. The second-order valence-electron chi connectivity index (χ2n) is 5.93. The summed E-state index contributed by atoms with van der Waals surface area (Å²) in [6.45, 7) is 0.564. The van der Waals surface area contributed by atoms with E-state index in [2.05, 4.69) is 36.2 Å². The van der Waals surface area contributed by atoms with Gasteiger partial charge in [-0.1, -0.05) is 28.1 Å². The fourth-order valence-corrected chi connectivity index (χ4v) is 3.47. The lowest BCUT2D eigenvalue weighted by atomic mass is 10.2. The predicted octanol–water partition coefficient (Wildman–Crippen LogP) is 2.10. The third-order valence-corrected chi connectivity index (χ3v) is 4.80. The molecule has 0 aliphatic carbocycles. The Bertz CT molecular complexity index is 953. The summed E-state index contributed by atoms with van der Waals surface area (Å²) in [6, 6.07) is 7.88. The van der Waals surface area contributed by atoms with Crippen LogP contribution in [0.2, 0.25) is 5.28 Å². The van der Waals surface area contributed by atoms with Gasteiger partial charge in [0.15, 0.2) is 23.2 Å². The fourth-order valence-electron chi connectivity index (χ4n) is 2.86. The van der Waals surface area contributed by atoms with Crippen LogP contribution in [0.1, 0.15) is 11.8 Å². The molecule has 2 aromatic heterocycles. The molecule has 1 aliphatic rings. The first-order valence-electron chi connectivity index (χ1n) is 7.89. The van der Waals surface area contributed by atoms with E-state index in [1.165, 1.54) is 6.33 Å². The standard InChI is InChI=1S/C16H15BrClN5O3/c17-9-3-1-2-8(4-9)5-19-13-11-14(22-16(18)21-13)23(7-20-11)15-12(25)10(24)6-26-15/h1-4,7,10,12,15,24-25H,5-6H2,(H,19,21,22)/t10?,12-,15+/m0/s1. The molecule has 0 radical (unpaired) electrons. The average molecular weight is 441 g/mol. The molecule has 0 saturated carbocycles. The molecule has 1 saturated heterocycles. The molecule has 4 rings (SSSR count). The molecular weight excluding hydrogens is 426 g/mol. The number of anilines is 1. The number of aromatic nitrogens is 4. The molecule has 3 aromatic rings. The van der Waals surface area contributed by atoms with E-state index in [4.69, 9.17) is 16.3 Å². The average Bonchev–Trinajstić information content (AvgIpc) is 3.17. The monoisotopic (exact) mass is 439 g/mol. The number of imidazole rings is 1. The van der Waals surface area contributed by atoms with Crippen LogP contribution in [0.25, 0.3) is 11.2 Å². The van der Waals surface area contributed by atoms with E-state index in [1.54, 1.807) is 4.57 Å². The highest BCUT2D eigenvalue weighted by atomic mass is 79.9. The first-order chi connectivity index (χ1) is 12.5. The molecule has 1 aromatic carbocycles. The lowest BCUT2D eigenvalue weighted by Crippen LogP contribution is -2.28. The Labute approximate surface area is 161 Å². The van der Waals surface area contributed by atoms with E-state index in [0.29, 0.717) is 23.5 Å². The van der Waals surface area contributed by atoms with Crippen LogP contribution in [-0.4, -0.2) is 48.5 Å². The lowest BCUT2D eigenvalue weighted by molar-refractivity contribution is -0.0162. The third-order valence-electron chi connectivity index (χ3n) is 4.14. The van der Waals surface area contributed by atoms with Gasteiger partial charge in [0.25, 0.3) is 0 Å². The molecule has 0 amide bonds. The van der Waals surface area contributed by atoms with Crippen molar-refractivity contribution in [2.75, 3.05) is 11.9 Å². The predicted molar refractivity (Wildman–Crippen MR) is 98.8 cm³/mol. The fraction of sp³-hybridized carbons (Fsp3) is 0.312. The number of hydrogen-bond acceptors (Lipinski definition) is 7. The van der Waals surface area contributed by atoms with Crippen molar-refractivity contribution < 1.29 is 14.9 Å². The highest BCUT2D eigenvalue weighted by Crippen LogP contribution is 2.29. The number of fused-ring (bicyclic) bond motifs is 1. The van der Waals surface area contributed by atoms with Gasteiger partial charge in [0.05, 0.1) is 12.9 Å². The van der Waals surface area contributed by atoms with Gasteiger partial charge < -0.3 is 20.3 Å². The van der Waals surface area contributed by atoms with E-state index >= 15 is 0 Å². The van der Waals surface area contributed by atoms with Crippen LogP contribution in [0, 0.1) is 0 Å². The number of aliphatic hydroxyl groups excluding tert-OH is 2. The zero-order chi connectivity index (χ0) is 18.3. The number of nitrogens with one attached hydrogen (secondary N) is 1. The van der Waals surface area contributed by atoms with Crippen LogP contribution in [0.4, 0.5) is 5.82 Å². The zero-order valence-electron chi connectivity index (χ0n) is 13.4. The first-order valence-corrected chi connectivity index (χ1v) is 9.06. The van der Waals surface area contributed by atoms with Crippen molar-refractivity contribution in [1.82, 2.24) is 19.5 Å². The van der Waals surface area contributed by atoms with Crippen molar-refractivity contribution in [1.29, 1.82) is 0 Å². The Morgan fingerprint density at radius 3 is 2.92 bits per heavy atom. The zero-order valence-corrected chi connectivity index (χ0v) is 15.7. The van der Waals surface area contributed by atoms with Gasteiger partial charge in [-0.05, 0) is 29.3 Å². The lowest BCUT2D eigenvalue weighted by Gasteiger charge is -2.16. The van der Waals surface area contributed by atoms with Crippen LogP contribution in [0.15, 0.2) is 35.1 Å². The molecular formula is C16H15BrClN5O3. The number of nitrogens with zero attached hydrogens (tertiary/aromatic N) is 4. The highest BCUT2D eigenvalue weighted by Gasteiger charge is 2.37. The second kappa shape index (κ2) is 7.09. The van der Waals surface area contributed by atoms with Crippen LogP contribution >= 0.6 is 27.5 Å². The van der Waals surface area contributed by atoms with Crippen molar-refractivity contribution in [3.8, 4) is 0 Å². The second-order valence-corrected chi connectivity index (χ2v) is 7.18. The van der Waals surface area contributed by atoms with Gasteiger partial charge >= 0.3 is 0 Å². The molecule has 10 heteroatoms. The minimum Gasteiger partial charge on any atom is -0.388 e. The summed E-state index contributed by atoms with van der Waals surface area (Å²) < 4.78 is 7.98. The largest absolute Gasteiger partial charge is 0.388 e. The summed E-state index contributed by atoms with van der Waals surface area (Å²) in [4.78, 5) is 12.7. The summed E-state index contributed by atoms with van der Waals surface area (Å²) in [5, 5.41) is 23.0. The summed E-state index contributed by atoms with van der Waals surface area (Å²) >= 11 is 9.51. The normalized spacial score (nSPS) is 22.8. The minimum atomic E-state index is -1.07. The van der Waals surface area contributed by atoms with E-state index in [-0.39, 0.29) is 11.9 Å². The van der Waals surface area contributed by atoms with Crippen molar-refractivity contribution in [3.05, 3.63) is 45.9 Å². The molecule has 3 N–H and O–H groups in total. The van der Waals surface area contributed by atoms with Crippen LogP contribution in [0.5, 0.6) is 0 Å². The van der Waals surface area contributed by atoms with Crippen molar-refractivity contribution >= 4 is 44.5 Å². The van der Waals surface area contributed by atoms with Crippen molar-refractivity contribution in [2.45, 2.75) is 25.0 Å². The molecule has 3 atom stereocenters. The Morgan fingerprint density at radius 1 is 1.35 bits per heavy atom. The van der Waals surface area contributed by atoms with Gasteiger partial charge in [-0.15, -0.1) is 0 Å². The van der Waals surface area contributed by atoms with Gasteiger partial charge in [0, 0.05) is 11.0 Å². The highest BCUT2D eigenvalue weighted by molar-refractivity contribution is 9.10. The quantitative estimate of drug-likeness (QED) is 0.534. The minimum absolute atomic E-state index is 0.0400. The topological polar surface area (TPSA) is 105 Å². The third kappa shape index (κ3) is 3.28. The van der Waals surface area contributed by atoms with Gasteiger partial charge in [-0.25, -0.2) is 4.98 Å².